The van der Waals surface area contributed by atoms with Crippen LogP contribution < -0.4 is 9.62 Å². The van der Waals surface area contributed by atoms with Crippen LogP contribution in [0.3, 0.4) is 0 Å². The predicted octanol–water partition coefficient (Wildman–Crippen LogP) is 1.30. The molecule has 102 valence electrons. The standard InChI is InChI=1S/C11H19N3O2S2/c1-9(2)8-18(15,16)13-10-3-5-14(7-10)11-12-4-6-17-11/h4,6,9-10,13H,3,5,7-8H2,1-2H3/t10-/m1/s1. The van der Waals surface area contributed by atoms with E-state index in [0.717, 1.165) is 18.1 Å². The van der Waals surface area contributed by atoms with Crippen LogP contribution in [0.25, 0.3) is 0 Å². The zero-order chi connectivity index (χ0) is 13.2. The molecule has 1 N–H and O–H groups in total. The lowest BCUT2D eigenvalue weighted by molar-refractivity contribution is 0.550. The zero-order valence-electron chi connectivity index (χ0n) is 10.7. The molecule has 0 aliphatic carbocycles. The molecule has 5 nitrogen and oxygen atoms in total. The Balaban J connectivity index is 1.90. The molecule has 1 fully saturated rings. The first-order chi connectivity index (χ1) is 8.46. The Morgan fingerprint density at radius 3 is 3.00 bits per heavy atom. The Morgan fingerprint density at radius 1 is 1.61 bits per heavy atom. The van der Waals surface area contributed by atoms with Gasteiger partial charge in [-0.25, -0.2) is 18.1 Å². The lowest BCUT2D eigenvalue weighted by atomic mass is 10.3. The minimum atomic E-state index is -3.15. The van der Waals surface area contributed by atoms with Crippen molar-refractivity contribution in [3.05, 3.63) is 11.6 Å². The van der Waals surface area contributed by atoms with E-state index in [1.807, 2.05) is 19.2 Å². The van der Waals surface area contributed by atoms with Crippen LogP contribution in [0, 0.1) is 5.92 Å². The van der Waals surface area contributed by atoms with Crippen LogP contribution >= 0.6 is 11.3 Å². The summed E-state index contributed by atoms with van der Waals surface area (Å²) in [6.45, 7) is 5.40. The summed E-state index contributed by atoms with van der Waals surface area (Å²) in [6, 6.07) is 0.0117. The fourth-order valence-electron chi connectivity index (χ4n) is 2.14. The van der Waals surface area contributed by atoms with E-state index < -0.39 is 10.0 Å². The Labute approximate surface area is 112 Å². The van der Waals surface area contributed by atoms with E-state index in [9.17, 15) is 8.42 Å². The van der Waals surface area contributed by atoms with Gasteiger partial charge in [0.15, 0.2) is 5.13 Å². The third kappa shape index (κ3) is 3.66. The summed E-state index contributed by atoms with van der Waals surface area (Å²) in [5, 5.41) is 2.91. The van der Waals surface area contributed by atoms with Gasteiger partial charge in [-0.1, -0.05) is 13.8 Å². The van der Waals surface area contributed by atoms with E-state index >= 15 is 0 Å². The molecule has 2 rings (SSSR count). The van der Waals surface area contributed by atoms with Gasteiger partial charge in [0.2, 0.25) is 10.0 Å². The Hall–Kier alpha value is -0.660. The molecular weight excluding hydrogens is 270 g/mol. The van der Waals surface area contributed by atoms with Crippen molar-refractivity contribution in [1.29, 1.82) is 0 Å². The maximum atomic E-state index is 11.8. The van der Waals surface area contributed by atoms with Crippen molar-refractivity contribution in [1.82, 2.24) is 9.71 Å². The second-order valence-corrected chi connectivity index (χ2v) is 7.71. The summed E-state index contributed by atoms with van der Waals surface area (Å²) in [6.07, 6.45) is 2.62. The van der Waals surface area contributed by atoms with Gasteiger partial charge in [-0.3, -0.25) is 0 Å². The quantitative estimate of drug-likeness (QED) is 0.887. The molecular formula is C11H19N3O2S2. The number of anilines is 1. The smallest absolute Gasteiger partial charge is 0.212 e. The number of thiazole rings is 1. The van der Waals surface area contributed by atoms with Gasteiger partial charge in [-0.15, -0.1) is 11.3 Å². The molecule has 1 aliphatic heterocycles. The lowest BCUT2D eigenvalue weighted by Crippen LogP contribution is -2.39. The Bertz CT molecular complexity index is 470. The fourth-order valence-corrected chi connectivity index (χ4v) is 4.50. The van der Waals surface area contributed by atoms with Gasteiger partial charge in [-0.2, -0.15) is 0 Å². The van der Waals surface area contributed by atoms with Crippen LogP contribution in [0.2, 0.25) is 0 Å². The van der Waals surface area contributed by atoms with Crippen LogP contribution in [-0.4, -0.2) is 38.3 Å². The molecule has 18 heavy (non-hydrogen) atoms. The van der Waals surface area contributed by atoms with E-state index in [1.54, 1.807) is 17.5 Å². The molecule has 0 spiro atoms. The molecule has 1 atom stereocenters. The molecule has 0 unspecified atom stereocenters. The van der Waals surface area contributed by atoms with Gasteiger partial charge < -0.3 is 4.90 Å². The number of rotatable bonds is 5. The molecule has 1 saturated heterocycles. The topological polar surface area (TPSA) is 62.3 Å². The number of hydrogen-bond donors (Lipinski definition) is 1. The SMILES string of the molecule is CC(C)CS(=O)(=O)N[C@@H]1CCN(c2nccs2)C1. The first-order valence-corrected chi connectivity index (χ1v) is 8.64. The van der Waals surface area contributed by atoms with Gasteiger partial charge in [0, 0.05) is 30.7 Å². The van der Waals surface area contributed by atoms with Crippen LogP contribution in [0.1, 0.15) is 20.3 Å². The summed E-state index contributed by atoms with van der Waals surface area (Å²) < 4.78 is 26.5. The van der Waals surface area contributed by atoms with Crippen molar-refractivity contribution in [2.45, 2.75) is 26.3 Å². The zero-order valence-corrected chi connectivity index (χ0v) is 12.3. The minimum absolute atomic E-state index is 0.0117. The highest BCUT2D eigenvalue weighted by Crippen LogP contribution is 2.22. The second kappa shape index (κ2) is 5.54. The van der Waals surface area contributed by atoms with Gasteiger partial charge in [0.25, 0.3) is 0 Å². The molecule has 1 aromatic heterocycles. The maximum Gasteiger partial charge on any atom is 0.212 e. The van der Waals surface area contributed by atoms with Crippen LogP contribution in [0.4, 0.5) is 5.13 Å². The predicted molar refractivity (Wildman–Crippen MR) is 74.5 cm³/mol. The van der Waals surface area contributed by atoms with Gasteiger partial charge in [0.1, 0.15) is 0 Å². The second-order valence-electron chi connectivity index (χ2n) is 5.04. The van der Waals surface area contributed by atoms with Crippen molar-refractivity contribution in [2.24, 2.45) is 5.92 Å². The average Bonchev–Trinajstić information content (AvgIpc) is 2.82. The van der Waals surface area contributed by atoms with Gasteiger partial charge in [-0.05, 0) is 12.3 Å². The van der Waals surface area contributed by atoms with E-state index in [0.29, 0.717) is 6.54 Å². The van der Waals surface area contributed by atoms with Crippen molar-refractivity contribution >= 4 is 26.5 Å². The normalized spacial score (nSPS) is 20.8. The summed E-state index contributed by atoms with van der Waals surface area (Å²) in [7, 11) is -3.15. The monoisotopic (exact) mass is 289 g/mol. The van der Waals surface area contributed by atoms with Crippen LogP contribution in [0.5, 0.6) is 0 Å². The van der Waals surface area contributed by atoms with E-state index in [2.05, 4.69) is 14.6 Å². The Kier molecular flexibility index (Phi) is 4.24. The van der Waals surface area contributed by atoms with Crippen molar-refractivity contribution in [2.75, 3.05) is 23.7 Å². The van der Waals surface area contributed by atoms with Crippen molar-refractivity contribution < 1.29 is 8.42 Å². The molecule has 2 heterocycles. The van der Waals surface area contributed by atoms with E-state index in [1.165, 1.54) is 0 Å². The molecule has 0 bridgehead atoms. The first kappa shape index (κ1) is 13.8. The van der Waals surface area contributed by atoms with Crippen LogP contribution in [0.15, 0.2) is 11.6 Å². The van der Waals surface area contributed by atoms with E-state index in [4.69, 9.17) is 0 Å². The van der Waals surface area contributed by atoms with Crippen molar-refractivity contribution in [3.63, 3.8) is 0 Å². The molecule has 0 amide bonds. The number of hydrogen-bond acceptors (Lipinski definition) is 5. The molecule has 0 saturated carbocycles. The maximum absolute atomic E-state index is 11.8. The highest BCUT2D eigenvalue weighted by atomic mass is 32.2. The lowest BCUT2D eigenvalue weighted by Gasteiger charge is -2.16. The minimum Gasteiger partial charge on any atom is -0.346 e. The third-order valence-electron chi connectivity index (χ3n) is 2.78. The third-order valence-corrected chi connectivity index (χ3v) is 5.41. The number of sulfonamides is 1. The number of aromatic nitrogens is 1. The molecule has 1 aromatic rings. The molecule has 7 heteroatoms. The number of nitrogens with one attached hydrogen (secondary N) is 1. The molecule has 0 radical (unpaired) electrons. The number of nitrogens with zero attached hydrogens (tertiary/aromatic N) is 2. The first-order valence-electron chi connectivity index (χ1n) is 6.11. The highest BCUT2D eigenvalue weighted by Gasteiger charge is 2.27. The summed E-state index contributed by atoms with van der Waals surface area (Å²) in [5.74, 6) is 0.347. The Morgan fingerprint density at radius 2 is 2.39 bits per heavy atom. The summed E-state index contributed by atoms with van der Waals surface area (Å²) in [4.78, 5) is 6.38. The molecule has 0 aromatic carbocycles. The van der Waals surface area contributed by atoms with Crippen molar-refractivity contribution in [3.8, 4) is 0 Å². The largest absolute Gasteiger partial charge is 0.346 e. The molecule has 1 aliphatic rings. The van der Waals surface area contributed by atoms with Crippen LogP contribution in [-0.2, 0) is 10.0 Å². The summed E-state index contributed by atoms with van der Waals surface area (Å²) in [5.41, 5.74) is 0. The fraction of sp³-hybridized carbons (Fsp3) is 0.727. The summed E-state index contributed by atoms with van der Waals surface area (Å²) >= 11 is 1.59. The van der Waals surface area contributed by atoms with Gasteiger partial charge in [0.05, 0.1) is 5.75 Å². The highest BCUT2D eigenvalue weighted by molar-refractivity contribution is 7.89. The average molecular weight is 289 g/mol. The van der Waals surface area contributed by atoms with E-state index in [-0.39, 0.29) is 17.7 Å². The van der Waals surface area contributed by atoms with Gasteiger partial charge >= 0.3 is 0 Å².